The van der Waals surface area contributed by atoms with E-state index in [1.165, 1.54) is 0 Å². The Morgan fingerprint density at radius 1 is 1.35 bits per heavy atom. The first-order chi connectivity index (χ1) is 8.28. The Hall–Kier alpha value is -1.95. The van der Waals surface area contributed by atoms with Crippen molar-refractivity contribution in [3.05, 3.63) is 24.3 Å². The molecule has 0 saturated heterocycles. The zero-order valence-electron chi connectivity index (χ0n) is 10.0. The number of aryl methyl sites for hydroxylation is 2. The Balaban J connectivity index is 2.51. The first kappa shape index (κ1) is 11.5. The molecule has 2 rings (SSSR count). The number of hydrazine groups is 1. The number of hydrogen-bond donors (Lipinski definition) is 2. The second-order valence-electron chi connectivity index (χ2n) is 3.63. The molecule has 0 aliphatic carbocycles. The second-order valence-corrected chi connectivity index (χ2v) is 3.63. The lowest BCUT2D eigenvalue weighted by Crippen LogP contribution is -2.11. The summed E-state index contributed by atoms with van der Waals surface area (Å²) in [6, 6.07) is 1.84. The van der Waals surface area contributed by atoms with Crippen LogP contribution in [-0.4, -0.2) is 19.5 Å². The van der Waals surface area contributed by atoms with Gasteiger partial charge in [-0.25, -0.2) is 20.8 Å². The Kier molecular flexibility index (Phi) is 3.34. The fourth-order valence-electron chi connectivity index (χ4n) is 1.63. The highest BCUT2D eigenvalue weighted by Crippen LogP contribution is 2.17. The van der Waals surface area contributed by atoms with Crippen molar-refractivity contribution in [1.82, 2.24) is 19.5 Å². The third-order valence-corrected chi connectivity index (χ3v) is 2.57. The largest absolute Gasteiger partial charge is 0.328 e. The highest BCUT2D eigenvalue weighted by Gasteiger charge is 2.09. The van der Waals surface area contributed by atoms with Crippen LogP contribution < -0.4 is 11.3 Å². The number of nitrogen functional groups attached to an aromatic ring is 1. The molecule has 2 aromatic heterocycles. The lowest BCUT2D eigenvalue weighted by atomic mass is 10.3. The number of rotatable bonds is 4. The smallest absolute Gasteiger partial charge is 0.180 e. The van der Waals surface area contributed by atoms with Crippen LogP contribution in [0.3, 0.4) is 0 Å². The molecule has 0 amide bonds. The molecule has 0 fully saturated rings. The molecule has 0 radical (unpaired) electrons. The van der Waals surface area contributed by atoms with Gasteiger partial charge >= 0.3 is 0 Å². The van der Waals surface area contributed by atoms with E-state index in [9.17, 15) is 0 Å². The third-order valence-electron chi connectivity index (χ3n) is 2.57. The van der Waals surface area contributed by atoms with Crippen LogP contribution in [0.2, 0.25) is 0 Å². The van der Waals surface area contributed by atoms with Crippen molar-refractivity contribution in [3.63, 3.8) is 0 Å². The number of hydrogen-bond acceptors (Lipinski definition) is 5. The number of imidazole rings is 1. The molecule has 2 heterocycles. The average molecular weight is 232 g/mol. The van der Waals surface area contributed by atoms with Gasteiger partial charge in [0.15, 0.2) is 5.82 Å². The van der Waals surface area contributed by atoms with E-state index in [2.05, 4.69) is 27.3 Å². The summed E-state index contributed by atoms with van der Waals surface area (Å²) >= 11 is 0. The minimum Gasteiger partial charge on any atom is -0.328 e. The van der Waals surface area contributed by atoms with Crippen molar-refractivity contribution in [2.45, 2.75) is 26.8 Å². The van der Waals surface area contributed by atoms with Crippen LogP contribution in [0.25, 0.3) is 11.5 Å². The molecule has 0 spiro atoms. The molecule has 3 N–H and O–H groups in total. The van der Waals surface area contributed by atoms with E-state index in [-0.39, 0.29) is 0 Å². The quantitative estimate of drug-likeness (QED) is 0.611. The molecule has 0 bridgehead atoms. The van der Waals surface area contributed by atoms with E-state index in [1.54, 1.807) is 12.5 Å². The maximum absolute atomic E-state index is 5.40. The van der Waals surface area contributed by atoms with Crippen molar-refractivity contribution in [1.29, 1.82) is 0 Å². The summed E-state index contributed by atoms with van der Waals surface area (Å²) < 4.78 is 2.00. The molecule has 0 aromatic carbocycles. The summed E-state index contributed by atoms with van der Waals surface area (Å²) in [7, 11) is 0. The fourth-order valence-corrected chi connectivity index (χ4v) is 1.63. The summed E-state index contributed by atoms with van der Waals surface area (Å²) in [5, 5.41) is 0. The Labute approximate surface area is 99.9 Å². The standard InChI is InChI=1S/C11H16N6/c1-3-8-5-10(16-12)15-11(14-8)9-6-13-7-17(9)4-2/h5-7H,3-4,12H2,1-2H3,(H,14,15,16). The maximum Gasteiger partial charge on any atom is 0.180 e. The second kappa shape index (κ2) is 4.92. The van der Waals surface area contributed by atoms with E-state index >= 15 is 0 Å². The first-order valence-electron chi connectivity index (χ1n) is 5.63. The first-order valence-corrected chi connectivity index (χ1v) is 5.63. The topological polar surface area (TPSA) is 81.6 Å². The Morgan fingerprint density at radius 3 is 2.82 bits per heavy atom. The lowest BCUT2D eigenvalue weighted by molar-refractivity contribution is 0.762. The highest BCUT2D eigenvalue weighted by atomic mass is 15.3. The van der Waals surface area contributed by atoms with Gasteiger partial charge in [-0.1, -0.05) is 6.92 Å². The normalized spacial score (nSPS) is 10.5. The van der Waals surface area contributed by atoms with Gasteiger partial charge in [-0.05, 0) is 13.3 Å². The summed E-state index contributed by atoms with van der Waals surface area (Å²) in [4.78, 5) is 12.9. The summed E-state index contributed by atoms with van der Waals surface area (Å²) in [6.45, 7) is 4.93. The predicted octanol–water partition coefficient (Wildman–Crippen LogP) is 1.21. The van der Waals surface area contributed by atoms with Crippen LogP contribution in [0.1, 0.15) is 19.5 Å². The zero-order chi connectivity index (χ0) is 12.3. The number of anilines is 1. The van der Waals surface area contributed by atoms with Gasteiger partial charge < -0.3 is 9.99 Å². The van der Waals surface area contributed by atoms with Crippen LogP contribution in [0.4, 0.5) is 5.82 Å². The molecule has 6 heteroatoms. The number of nitrogens with zero attached hydrogens (tertiary/aromatic N) is 4. The monoisotopic (exact) mass is 232 g/mol. The summed E-state index contributed by atoms with van der Waals surface area (Å²) in [5.41, 5.74) is 4.41. The van der Waals surface area contributed by atoms with Crippen LogP contribution in [0, 0.1) is 0 Å². The maximum atomic E-state index is 5.40. The molecule has 0 aliphatic rings. The predicted molar refractivity (Wildman–Crippen MR) is 66.1 cm³/mol. The van der Waals surface area contributed by atoms with Gasteiger partial charge in [0.2, 0.25) is 0 Å². The van der Waals surface area contributed by atoms with Gasteiger partial charge in [0.05, 0.1) is 12.5 Å². The molecular formula is C11H16N6. The molecule has 2 aromatic rings. The highest BCUT2D eigenvalue weighted by molar-refractivity contribution is 5.52. The van der Waals surface area contributed by atoms with Gasteiger partial charge in [0, 0.05) is 18.3 Å². The van der Waals surface area contributed by atoms with Gasteiger partial charge in [0.1, 0.15) is 11.5 Å². The SMILES string of the molecule is CCc1cc(NN)nc(-c2cncn2CC)n1. The number of nitrogens with one attached hydrogen (secondary N) is 1. The summed E-state index contributed by atoms with van der Waals surface area (Å²) in [5.74, 6) is 6.67. The Morgan fingerprint density at radius 2 is 2.18 bits per heavy atom. The molecule has 90 valence electrons. The van der Waals surface area contributed by atoms with Crippen molar-refractivity contribution < 1.29 is 0 Å². The van der Waals surface area contributed by atoms with E-state index in [4.69, 9.17) is 5.84 Å². The van der Waals surface area contributed by atoms with E-state index in [0.717, 1.165) is 24.4 Å². The average Bonchev–Trinajstić information content (AvgIpc) is 2.86. The van der Waals surface area contributed by atoms with Crippen LogP contribution in [0.15, 0.2) is 18.6 Å². The molecule has 0 saturated carbocycles. The molecule has 6 nitrogen and oxygen atoms in total. The minimum atomic E-state index is 0.621. The molecule has 0 atom stereocenters. The fraction of sp³-hybridized carbons (Fsp3) is 0.364. The van der Waals surface area contributed by atoms with Gasteiger partial charge in [0.25, 0.3) is 0 Å². The summed E-state index contributed by atoms with van der Waals surface area (Å²) in [6.07, 6.45) is 4.37. The molecule has 17 heavy (non-hydrogen) atoms. The zero-order valence-corrected chi connectivity index (χ0v) is 10.0. The van der Waals surface area contributed by atoms with Gasteiger partial charge in [-0.3, -0.25) is 0 Å². The van der Waals surface area contributed by atoms with Crippen molar-refractivity contribution in [2.24, 2.45) is 5.84 Å². The van der Waals surface area contributed by atoms with Crippen molar-refractivity contribution >= 4 is 5.82 Å². The van der Waals surface area contributed by atoms with Crippen LogP contribution in [-0.2, 0) is 13.0 Å². The third kappa shape index (κ3) is 2.26. The molecule has 0 aliphatic heterocycles. The van der Waals surface area contributed by atoms with E-state index in [0.29, 0.717) is 11.6 Å². The lowest BCUT2D eigenvalue weighted by Gasteiger charge is -2.07. The van der Waals surface area contributed by atoms with Crippen molar-refractivity contribution in [2.75, 3.05) is 5.43 Å². The van der Waals surface area contributed by atoms with Crippen LogP contribution in [0.5, 0.6) is 0 Å². The van der Waals surface area contributed by atoms with Crippen LogP contribution >= 0.6 is 0 Å². The van der Waals surface area contributed by atoms with E-state index in [1.807, 2.05) is 17.6 Å². The molecular weight excluding hydrogens is 216 g/mol. The minimum absolute atomic E-state index is 0.621. The number of aromatic nitrogens is 4. The van der Waals surface area contributed by atoms with Crippen molar-refractivity contribution in [3.8, 4) is 11.5 Å². The van der Waals surface area contributed by atoms with Gasteiger partial charge in [-0.15, -0.1) is 0 Å². The number of nitrogens with two attached hydrogens (primary N) is 1. The van der Waals surface area contributed by atoms with E-state index < -0.39 is 0 Å². The van der Waals surface area contributed by atoms with Gasteiger partial charge in [-0.2, -0.15) is 0 Å². The Bertz CT molecular complexity index is 482. The molecule has 0 unspecified atom stereocenters.